The van der Waals surface area contributed by atoms with Crippen LogP contribution in [0.15, 0.2) is 88.3 Å². The predicted octanol–water partition coefficient (Wildman–Crippen LogP) is 5.63. The van der Waals surface area contributed by atoms with Gasteiger partial charge < -0.3 is 4.90 Å². The molecule has 1 aliphatic rings. The van der Waals surface area contributed by atoms with E-state index in [1.54, 1.807) is 4.90 Å². The van der Waals surface area contributed by atoms with Crippen LogP contribution in [-0.4, -0.2) is 18.9 Å². The molecule has 3 aromatic rings. The summed E-state index contributed by atoms with van der Waals surface area (Å²) in [6.45, 7) is 5.94. The summed E-state index contributed by atoms with van der Waals surface area (Å²) in [6, 6.07) is 23.4. The molecule has 5 heteroatoms. The van der Waals surface area contributed by atoms with Crippen LogP contribution in [0, 0.1) is 20.8 Å². The van der Waals surface area contributed by atoms with Gasteiger partial charge in [-0.25, -0.2) is 4.90 Å². The number of benzene rings is 3. The predicted molar refractivity (Wildman–Crippen MR) is 127 cm³/mol. The quantitative estimate of drug-likeness (QED) is 0.494. The number of carbonyl (C=O) groups is 2. The van der Waals surface area contributed by atoms with Gasteiger partial charge in [-0.15, -0.1) is 0 Å². The number of hydrogen-bond donors (Lipinski definition) is 0. The molecule has 4 rings (SSSR count). The van der Waals surface area contributed by atoms with Crippen molar-refractivity contribution in [1.29, 1.82) is 0 Å². The number of carbonyl (C=O) groups excluding carboxylic acids is 2. The van der Waals surface area contributed by atoms with Gasteiger partial charge in [-0.05, 0) is 56.7 Å². The topological polar surface area (TPSA) is 40.6 Å². The van der Waals surface area contributed by atoms with Gasteiger partial charge in [0.25, 0.3) is 11.8 Å². The zero-order valence-electron chi connectivity index (χ0n) is 18.0. The van der Waals surface area contributed by atoms with E-state index in [9.17, 15) is 9.59 Å². The van der Waals surface area contributed by atoms with Crippen LogP contribution in [0.4, 0.5) is 11.4 Å². The van der Waals surface area contributed by atoms with Gasteiger partial charge in [0.2, 0.25) is 0 Å². The fourth-order valence-corrected chi connectivity index (χ4v) is 4.67. The Balaban J connectivity index is 1.81. The highest BCUT2D eigenvalue weighted by atomic mass is 32.2. The van der Waals surface area contributed by atoms with Gasteiger partial charge in [-0.1, -0.05) is 65.4 Å². The first-order chi connectivity index (χ1) is 14.9. The number of nitrogens with zero attached hydrogens (tertiary/aromatic N) is 2. The molecule has 0 unspecified atom stereocenters. The first kappa shape index (κ1) is 20.9. The van der Waals surface area contributed by atoms with Crippen molar-refractivity contribution in [3.8, 4) is 0 Å². The third-order valence-corrected chi connectivity index (χ3v) is 6.41. The molecule has 0 aromatic heterocycles. The summed E-state index contributed by atoms with van der Waals surface area (Å²) in [7, 11) is 1.83. The molecule has 31 heavy (non-hydrogen) atoms. The summed E-state index contributed by atoms with van der Waals surface area (Å²) in [5.74, 6) is -0.599. The Morgan fingerprint density at radius 3 is 2.06 bits per heavy atom. The molecule has 0 N–H and O–H groups in total. The molecule has 0 aliphatic carbocycles. The summed E-state index contributed by atoms with van der Waals surface area (Å²) >= 11 is 1.34. The summed E-state index contributed by atoms with van der Waals surface area (Å²) in [4.78, 5) is 31.6. The molecule has 0 saturated heterocycles. The van der Waals surface area contributed by atoms with Crippen LogP contribution in [0.3, 0.4) is 0 Å². The lowest BCUT2D eigenvalue weighted by Gasteiger charge is -2.22. The smallest absolute Gasteiger partial charge is 0.283 e. The molecule has 0 radical (unpaired) electrons. The van der Waals surface area contributed by atoms with Crippen LogP contribution in [0.5, 0.6) is 0 Å². The average molecular weight is 429 g/mol. The number of rotatable bonds is 5. The summed E-state index contributed by atoms with van der Waals surface area (Å²) in [6.07, 6.45) is 0. The molecule has 3 aromatic carbocycles. The molecule has 2 amide bonds. The lowest BCUT2D eigenvalue weighted by atomic mass is 10.1. The Kier molecular flexibility index (Phi) is 5.70. The molecule has 0 atom stereocenters. The Morgan fingerprint density at radius 2 is 1.42 bits per heavy atom. The number of anilines is 2. The van der Waals surface area contributed by atoms with Crippen molar-refractivity contribution in [2.24, 2.45) is 0 Å². The van der Waals surface area contributed by atoms with E-state index in [0.29, 0.717) is 16.3 Å². The van der Waals surface area contributed by atoms with Crippen LogP contribution < -0.4 is 9.80 Å². The minimum absolute atomic E-state index is 0.291. The Bertz CT molecular complexity index is 1180. The van der Waals surface area contributed by atoms with Gasteiger partial charge in [0, 0.05) is 17.6 Å². The molecule has 1 aliphatic heterocycles. The zero-order chi connectivity index (χ0) is 22.1. The summed E-state index contributed by atoms with van der Waals surface area (Å²) < 4.78 is 0. The van der Waals surface area contributed by atoms with E-state index >= 15 is 0 Å². The number of amides is 2. The molecule has 0 spiro atoms. The van der Waals surface area contributed by atoms with Gasteiger partial charge >= 0.3 is 0 Å². The fraction of sp³-hybridized carbons (Fsp3) is 0.154. The first-order valence-corrected chi connectivity index (χ1v) is 10.9. The van der Waals surface area contributed by atoms with Crippen molar-refractivity contribution in [1.82, 2.24) is 0 Å². The lowest BCUT2D eigenvalue weighted by molar-refractivity contribution is -0.120. The van der Waals surface area contributed by atoms with E-state index in [1.807, 2.05) is 101 Å². The fourth-order valence-electron chi connectivity index (χ4n) is 3.67. The summed E-state index contributed by atoms with van der Waals surface area (Å²) in [5.41, 5.74) is 4.99. The standard InChI is InChI=1S/C26H24N2O2S/c1-17-10-13-21(14-11-17)31-24-23(27(4)20-8-6-5-7-9-20)25(29)28(26(24)30)22-15-12-18(2)16-19(22)3/h5-16H,1-4H3. The molecular weight excluding hydrogens is 404 g/mol. The molecule has 1 heterocycles. The van der Waals surface area contributed by atoms with Gasteiger partial charge in [-0.2, -0.15) is 0 Å². The maximum Gasteiger partial charge on any atom is 0.283 e. The molecule has 0 fully saturated rings. The Hall–Kier alpha value is -3.31. The number of thioether (sulfide) groups is 1. The van der Waals surface area contributed by atoms with Gasteiger partial charge in [0.1, 0.15) is 10.6 Å². The molecular formula is C26H24N2O2S. The van der Waals surface area contributed by atoms with E-state index in [2.05, 4.69) is 0 Å². The number of para-hydroxylation sites is 1. The van der Waals surface area contributed by atoms with Crippen molar-refractivity contribution in [2.75, 3.05) is 16.8 Å². The molecule has 4 nitrogen and oxygen atoms in total. The number of likely N-dealkylation sites (N-methyl/N-ethyl adjacent to an activating group) is 1. The highest BCUT2D eigenvalue weighted by Gasteiger charge is 2.42. The molecule has 156 valence electrons. The van der Waals surface area contributed by atoms with E-state index in [1.165, 1.54) is 16.7 Å². The maximum atomic E-state index is 13.6. The second-order valence-electron chi connectivity index (χ2n) is 7.72. The third-order valence-electron chi connectivity index (χ3n) is 5.33. The van der Waals surface area contributed by atoms with Crippen molar-refractivity contribution >= 4 is 35.0 Å². The van der Waals surface area contributed by atoms with Crippen LogP contribution in [0.2, 0.25) is 0 Å². The highest BCUT2D eigenvalue weighted by molar-refractivity contribution is 8.04. The van der Waals surface area contributed by atoms with Crippen molar-refractivity contribution < 1.29 is 9.59 Å². The van der Waals surface area contributed by atoms with Gasteiger partial charge in [0.15, 0.2) is 0 Å². The van der Waals surface area contributed by atoms with Crippen LogP contribution in [0.1, 0.15) is 16.7 Å². The van der Waals surface area contributed by atoms with Crippen molar-refractivity contribution in [3.05, 3.63) is 100 Å². The van der Waals surface area contributed by atoms with Crippen LogP contribution >= 0.6 is 11.8 Å². The molecule has 0 bridgehead atoms. The van der Waals surface area contributed by atoms with Crippen molar-refractivity contribution in [2.45, 2.75) is 25.7 Å². The van der Waals surface area contributed by atoms with Crippen LogP contribution in [-0.2, 0) is 9.59 Å². The Labute approximate surface area is 187 Å². The van der Waals surface area contributed by atoms with E-state index in [0.717, 1.165) is 27.3 Å². The average Bonchev–Trinajstić information content (AvgIpc) is 2.99. The van der Waals surface area contributed by atoms with E-state index in [4.69, 9.17) is 0 Å². The second kappa shape index (κ2) is 8.44. The first-order valence-electron chi connectivity index (χ1n) is 10.1. The normalized spacial score (nSPS) is 13.9. The van der Waals surface area contributed by atoms with E-state index in [-0.39, 0.29) is 11.8 Å². The lowest BCUT2D eigenvalue weighted by Crippen LogP contribution is -2.34. The largest absolute Gasteiger partial charge is 0.339 e. The minimum Gasteiger partial charge on any atom is -0.339 e. The molecule has 0 saturated carbocycles. The highest BCUT2D eigenvalue weighted by Crippen LogP contribution is 2.40. The third kappa shape index (κ3) is 4.01. The minimum atomic E-state index is -0.307. The van der Waals surface area contributed by atoms with Crippen LogP contribution in [0.25, 0.3) is 0 Å². The number of hydrogen-bond acceptors (Lipinski definition) is 4. The van der Waals surface area contributed by atoms with Crippen molar-refractivity contribution in [3.63, 3.8) is 0 Å². The van der Waals surface area contributed by atoms with Gasteiger partial charge in [-0.3, -0.25) is 9.59 Å². The Morgan fingerprint density at radius 1 is 0.774 bits per heavy atom. The maximum absolute atomic E-state index is 13.6. The second-order valence-corrected chi connectivity index (χ2v) is 8.81. The SMILES string of the molecule is Cc1ccc(SC2=C(N(C)c3ccccc3)C(=O)N(c3ccc(C)cc3C)C2=O)cc1. The van der Waals surface area contributed by atoms with Gasteiger partial charge in [0.05, 0.1) is 5.69 Å². The van der Waals surface area contributed by atoms with E-state index < -0.39 is 0 Å². The number of imide groups is 1. The summed E-state index contributed by atoms with van der Waals surface area (Å²) in [5, 5.41) is 0. The zero-order valence-corrected chi connectivity index (χ0v) is 18.9. The number of aryl methyl sites for hydroxylation is 3. The monoisotopic (exact) mass is 428 g/mol.